The number of likely N-dealkylation sites (N-methyl/N-ethyl adjacent to an activating group) is 1. The minimum absolute atomic E-state index is 0.0643. The third-order valence-electron chi connectivity index (χ3n) is 6.78. The van der Waals surface area contributed by atoms with Crippen LogP contribution in [-0.4, -0.2) is 63.6 Å². The SMILES string of the molecule is CCC(CC)CNC(=O)Cn1cccc(NC(=O)[C@H](CCC(=O)C(=O)NC)NC(=O)c2cnc3ccccc3n2)c1=O. The maximum Gasteiger partial charge on any atom is 0.287 e. The van der Waals surface area contributed by atoms with Crippen LogP contribution in [-0.2, 0) is 25.7 Å². The number of anilines is 1. The van der Waals surface area contributed by atoms with E-state index in [1.165, 1.54) is 31.6 Å². The van der Waals surface area contributed by atoms with Crippen molar-refractivity contribution in [2.45, 2.75) is 52.1 Å². The summed E-state index contributed by atoms with van der Waals surface area (Å²) >= 11 is 0. The van der Waals surface area contributed by atoms with Crippen LogP contribution in [0.15, 0.2) is 53.6 Å². The van der Waals surface area contributed by atoms with Crippen molar-refractivity contribution in [3.8, 4) is 0 Å². The number of rotatable bonds is 14. The lowest BCUT2D eigenvalue weighted by Gasteiger charge is -2.18. The summed E-state index contributed by atoms with van der Waals surface area (Å²) in [5, 5.41) is 10.0. The van der Waals surface area contributed by atoms with Crippen molar-refractivity contribution in [3.05, 3.63) is 64.8 Å². The van der Waals surface area contributed by atoms with Gasteiger partial charge in [-0.3, -0.25) is 33.8 Å². The molecule has 4 N–H and O–H groups in total. The van der Waals surface area contributed by atoms with E-state index in [4.69, 9.17) is 0 Å². The van der Waals surface area contributed by atoms with E-state index < -0.39 is 35.1 Å². The largest absolute Gasteiger partial charge is 0.354 e. The Hall–Kier alpha value is -4.94. The second-order valence-electron chi connectivity index (χ2n) is 9.64. The second kappa shape index (κ2) is 15.2. The van der Waals surface area contributed by atoms with Crippen LogP contribution < -0.4 is 26.8 Å². The Labute approximate surface area is 242 Å². The minimum Gasteiger partial charge on any atom is -0.354 e. The molecule has 0 aliphatic heterocycles. The van der Waals surface area contributed by atoms with Gasteiger partial charge in [0, 0.05) is 26.2 Å². The normalized spacial score (nSPS) is 11.5. The zero-order valence-electron chi connectivity index (χ0n) is 23.8. The summed E-state index contributed by atoms with van der Waals surface area (Å²) < 4.78 is 1.16. The summed E-state index contributed by atoms with van der Waals surface area (Å²) in [5.74, 6) is -3.16. The van der Waals surface area contributed by atoms with E-state index in [0.717, 1.165) is 17.4 Å². The van der Waals surface area contributed by atoms with Crippen molar-refractivity contribution in [2.75, 3.05) is 18.9 Å². The molecule has 0 aliphatic carbocycles. The minimum atomic E-state index is -1.31. The van der Waals surface area contributed by atoms with E-state index in [1.807, 2.05) is 13.8 Å². The highest BCUT2D eigenvalue weighted by Crippen LogP contribution is 2.10. The van der Waals surface area contributed by atoms with E-state index >= 15 is 0 Å². The number of ketones is 1. The molecule has 0 saturated carbocycles. The smallest absolute Gasteiger partial charge is 0.287 e. The monoisotopic (exact) mass is 577 g/mol. The number of para-hydroxylation sites is 2. The summed E-state index contributed by atoms with van der Waals surface area (Å²) in [4.78, 5) is 84.0. The maximum atomic E-state index is 13.3. The van der Waals surface area contributed by atoms with Gasteiger partial charge in [0.15, 0.2) is 0 Å². The van der Waals surface area contributed by atoms with Crippen molar-refractivity contribution in [3.63, 3.8) is 0 Å². The number of amides is 4. The fourth-order valence-electron chi connectivity index (χ4n) is 4.12. The Morgan fingerprint density at radius 1 is 0.976 bits per heavy atom. The maximum absolute atomic E-state index is 13.3. The number of benzene rings is 1. The third-order valence-corrected chi connectivity index (χ3v) is 6.78. The molecular formula is C29H35N7O6. The van der Waals surface area contributed by atoms with Gasteiger partial charge in [0.25, 0.3) is 17.4 Å². The lowest BCUT2D eigenvalue weighted by Crippen LogP contribution is -2.45. The van der Waals surface area contributed by atoms with E-state index in [0.29, 0.717) is 23.5 Å². The van der Waals surface area contributed by atoms with Crippen LogP contribution in [0.1, 0.15) is 50.0 Å². The summed E-state index contributed by atoms with van der Waals surface area (Å²) in [6.07, 6.45) is 3.93. The van der Waals surface area contributed by atoms with Gasteiger partial charge in [0.2, 0.25) is 17.6 Å². The van der Waals surface area contributed by atoms with Gasteiger partial charge in [-0.05, 0) is 36.6 Å². The number of fused-ring (bicyclic) bond motifs is 1. The van der Waals surface area contributed by atoms with Crippen molar-refractivity contribution < 1.29 is 24.0 Å². The molecule has 0 radical (unpaired) electrons. The molecule has 13 heteroatoms. The number of hydrogen-bond acceptors (Lipinski definition) is 8. The second-order valence-corrected chi connectivity index (χ2v) is 9.64. The Bertz CT molecular complexity index is 1520. The molecule has 0 fully saturated rings. The van der Waals surface area contributed by atoms with Crippen LogP contribution in [0, 0.1) is 5.92 Å². The standard InChI is InChI=1S/C29H35N7O6/c1-4-18(5-2)15-32-25(38)17-36-14-8-11-22(29(36)42)35-26(39)21(12-13-24(37)28(41)30-3)34-27(40)23-16-31-19-9-6-7-10-20(19)33-23/h6-11,14,16,18,21H,4-5,12-13,15,17H2,1-3H3,(H,30,41)(H,32,38)(H,34,40)(H,35,39)/t21-/m0/s1. The Kier molecular flexibility index (Phi) is 11.4. The molecule has 0 unspecified atom stereocenters. The van der Waals surface area contributed by atoms with E-state index in [1.54, 1.807) is 24.3 Å². The third kappa shape index (κ3) is 8.53. The number of carbonyl (C=O) groups excluding carboxylic acids is 5. The molecule has 2 aromatic heterocycles. The summed E-state index contributed by atoms with van der Waals surface area (Å²) in [7, 11) is 1.30. The molecule has 2 heterocycles. The van der Waals surface area contributed by atoms with Gasteiger partial charge in [0.05, 0.1) is 17.2 Å². The molecule has 3 aromatic rings. The number of pyridine rings is 1. The number of nitrogens with one attached hydrogen (secondary N) is 4. The first kappa shape index (κ1) is 31.6. The molecule has 222 valence electrons. The molecule has 13 nitrogen and oxygen atoms in total. The highest BCUT2D eigenvalue weighted by atomic mass is 16.2. The Morgan fingerprint density at radius 3 is 2.38 bits per heavy atom. The first-order valence-corrected chi connectivity index (χ1v) is 13.7. The number of Topliss-reactive ketones (excluding diaryl/α,β-unsaturated/α-hetero) is 1. The zero-order valence-corrected chi connectivity index (χ0v) is 23.8. The van der Waals surface area contributed by atoms with Gasteiger partial charge in [-0.1, -0.05) is 38.8 Å². The highest BCUT2D eigenvalue weighted by Gasteiger charge is 2.26. The molecule has 4 amide bonds. The van der Waals surface area contributed by atoms with E-state index in [2.05, 4.69) is 31.2 Å². The highest BCUT2D eigenvalue weighted by molar-refractivity contribution is 6.36. The van der Waals surface area contributed by atoms with Crippen LogP contribution in [0.4, 0.5) is 5.69 Å². The molecule has 0 spiro atoms. The van der Waals surface area contributed by atoms with Gasteiger partial charge in [0.1, 0.15) is 24.0 Å². The van der Waals surface area contributed by atoms with E-state index in [-0.39, 0.29) is 36.7 Å². The fourth-order valence-corrected chi connectivity index (χ4v) is 4.12. The van der Waals surface area contributed by atoms with Crippen molar-refractivity contribution in [1.82, 2.24) is 30.5 Å². The van der Waals surface area contributed by atoms with Crippen molar-refractivity contribution in [2.24, 2.45) is 5.92 Å². The topological polar surface area (TPSA) is 181 Å². The van der Waals surface area contributed by atoms with E-state index in [9.17, 15) is 28.8 Å². The molecule has 1 aromatic carbocycles. The molecule has 42 heavy (non-hydrogen) atoms. The predicted octanol–water partition coefficient (Wildman–Crippen LogP) is 1.18. The predicted molar refractivity (Wildman–Crippen MR) is 156 cm³/mol. The summed E-state index contributed by atoms with van der Waals surface area (Å²) in [5.41, 5.74) is 0.220. The van der Waals surface area contributed by atoms with Crippen molar-refractivity contribution in [1.29, 1.82) is 0 Å². The van der Waals surface area contributed by atoms with Gasteiger partial charge in [-0.25, -0.2) is 4.98 Å². The van der Waals surface area contributed by atoms with Crippen LogP contribution >= 0.6 is 0 Å². The lowest BCUT2D eigenvalue weighted by molar-refractivity contribution is -0.137. The van der Waals surface area contributed by atoms with Crippen LogP contribution in [0.5, 0.6) is 0 Å². The van der Waals surface area contributed by atoms with Crippen molar-refractivity contribution >= 4 is 46.1 Å². The number of nitrogens with zero attached hydrogens (tertiary/aromatic N) is 3. The van der Waals surface area contributed by atoms with Crippen LogP contribution in [0.2, 0.25) is 0 Å². The Balaban J connectivity index is 1.76. The fraction of sp³-hybridized carbons (Fsp3) is 0.379. The summed E-state index contributed by atoms with van der Waals surface area (Å²) in [6, 6.07) is 8.48. The first-order chi connectivity index (χ1) is 20.2. The quantitative estimate of drug-likeness (QED) is 0.206. The molecular weight excluding hydrogens is 542 g/mol. The molecule has 0 saturated heterocycles. The Morgan fingerprint density at radius 2 is 1.69 bits per heavy atom. The first-order valence-electron chi connectivity index (χ1n) is 13.7. The van der Waals surface area contributed by atoms with Gasteiger partial charge >= 0.3 is 0 Å². The van der Waals surface area contributed by atoms with Crippen LogP contribution in [0.25, 0.3) is 11.0 Å². The lowest BCUT2D eigenvalue weighted by atomic mass is 10.0. The average Bonchev–Trinajstić information content (AvgIpc) is 3.00. The number of hydrogen-bond donors (Lipinski definition) is 4. The van der Waals surface area contributed by atoms with Crippen LogP contribution in [0.3, 0.4) is 0 Å². The molecule has 0 aliphatic rings. The number of carbonyl (C=O) groups is 5. The average molecular weight is 578 g/mol. The number of aromatic nitrogens is 3. The van der Waals surface area contributed by atoms with Gasteiger partial charge in [-0.2, -0.15) is 0 Å². The molecule has 1 atom stereocenters. The molecule has 0 bridgehead atoms. The zero-order chi connectivity index (χ0) is 30.6. The van der Waals surface area contributed by atoms with Gasteiger partial charge in [-0.15, -0.1) is 0 Å². The van der Waals surface area contributed by atoms with Gasteiger partial charge < -0.3 is 25.8 Å². The summed E-state index contributed by atoms with van der Waals surface area (Å²) in [6.45, 7) is 4.32. The molecule has 3 rings (SSSR count).